The highest BCUT2D eigenvalue weighted by atomic mass is 35.5. The molecule has 5 nitrogen and oxygen atoms in total. The van der Waals surface area contributed by atoms with Gasteiger partial charge in [-0.1, -0.05) is 23.2 Å². The fraction of sp³-hybridized carbons (Fsp3) is 0.278. The van der Waals surface area contributed by atoms with E-state index >= 15 is 0 Å². The summed E-state index contributed by atoms with van der Waals surface area (Å²) in [4.78, 5) is 12.5. The van der Waals surface area contributed by atoms with Gasteiger partial charge in [0, 0.05) is 17.7 Å². The maximum Gasteiger partial charge on any atom is 0.416 e. The van der Waals surface area contributed by atoms with Crippen molar-refractivity contribution in [2.24, 2.45) is 0 Å². The van der Waals surface area contributed by atoms with Gasteiger partial charge in [0.2, 0.25) is 0 Å². The molecule has 2 aromatic carbocycles. The first-order valence-corrected chi connectivity index (χ1v) is 8.66. The van der Waals surface area contributed by atoms with Crippen LogP contribution in [0.4, 0.5) is 18.9 Å². The van der Waals surface area contributed by atoms with Gasteiger partial charge in [-0.15, -0.1) is 0 Å². The minimum Gasteiger partial charge on any atom is -0.507 e. The van der Waals surface area contributed by atoms with Crippen LogP contribution in [0.25, 0.3) is 0 Å². The molecule has 0 radical (unpaired) electrons. The van der Waals surface area contributed by atoms with E-state index in [0.717, 1.165) is 12.1 Å². The van der Waals surface area contributed by atoms with Crippen LogP contribution in [0, 0.1) is 0 Å². The highest BCUT2D eigenvalue weighted by molar-refractivity contribution is 6.34. The Kier molecular flexibility index (Phi) is 7.54. The third-order valence-electron chi connectivity index (χ3n) is 3.69. The van der Waals surface area contributed by atoms with Crippen LogP contribution in [0.1, 0.15) is 21.5 Å². The number of benzene rings is 2. The number of hydrogen-bond acceptors (Lipinski definition) is 4. The highest BCUT2D eigenvalue weighted by Gasteiger charge is 2.31. The molecule has 0 aliphatic carbocycles. The summed E-state index contributed by atoms with van der Waals surface area (Å²) in [6.45, 7) is 0.533. The number of aromatic hydroxyl groups is 1. The number of phenols is 1. The zero-order valence-corrected chi connectivity index (χ0v) is 16.1. The molecule has 2 aromatic rings. The van der Waals surface area contributed by atoms with E-state index in [4.69, 9.17) is 32.7 Å². The van der Waals surface area contributed by atoms with Crippen molar-refractivity contribution < 1.29 is 32.5 Å². The summed E-state index contributed by atoms with van der Waals surface area (Å²) in [5.74, 6) is -1.17. The Morgan fingerprint density at radius 1 is 1.14 bits per heavy atom. The summed E-state index contributed by atoms with van der Waals surface area (Å²) in [5, 5.41) is 12.6. The monoisotopic (exact) mass is 437 g/mol. The van der Waals surface area contributed by atoms with Crippen LogP contribution < -0.4 is 5.32 Å². The third kappa shape index (κ3) is 5.51. The van der Waals surface area contributed by atoms with Crippen molar-refractivity contribution >= 4 is 34.8 Å². The fourth-order valence-electron chi connectivity index (χ4n) is 2.23. The maximum atomic E-state index is 12.7. The molecule has 0 heterocycles. The number of ether oxygens (including phenoxy) is 2. The van der Waals surface area contributed by atoms with Gasteiger partial charge in [-0.3, -0.25) is 4.79 Å². The summed E-state index contributed by atoms with van der Waals surface area (Å²) < 4.78 is 48.3. The van der Waals surface area contributed by atoms with Gasteiger partial charge in [0.05, 0.1) is 41.7 Å². The maximum absolute atomic E-state index is 12.7. The van der Waals surface area contributed by atoms with Crippen molar-refractivity contribution in [1.29, 1.82) is 0 Å². The molecular weight excluding hydrogens is 422 g/mol. The predicted octanol–water partition coefficient (Wildman–Crippen LogP) is 5.13. The second-order valence-corrected chi connectivity index (χ2v) is 6.43. The van der Waals surface area contributed by atoms with Crippen LogP contribution >= 0.6 is 23.2 Å². The minimum absolute atomic E-state index is 0.0353. The molecule has 0 saturated heterocycles. The first-order valence-electron chi connectivity index (χ1n) is 7.90. The van der Waals surface area contributed by atoms with Crippen LogP contribution in [0.3, 0.4) is 0 Å². The average Bonchev–Trinajstić information content (AvgIpc) is 2.61. The summed E-state index contributed by atoms with van der Waals surface area (Å²) in [5.41, 5.74) is -0.915. The van der Waals surface area contributed by atoms with Crippen molar-refractivity contribution in [1.82, 2.24) is 0 Å². The standard InChI is InChI=1S/C18H16Cl2F3NO4/c1-27-6-7-28-9-12-13(19)4-3-11(16(12)25)17(26)24-15-5-2-10(8-14(15)20)18(21,22)23/h2-5,8,25H,6-7,9H2,1H3,(H,24,26). The van der Waals surface area contributed by atoms with E-state index in [0.29, 0.717) is 12.7 Å². The molecule has 0 saturated carbocycles. The Labute approximate surface area is 169 Å². The lowest BCUT2D eigenvalue weighted by Crippen LogP contribution is -2.14. The lowest BCUT2D eigenvalue weighted by molar-refractivity contribution is -0.137. The van der Waals surface area contributed by atoms with Crippen LogP contribution in [-0.4, -0.2) is 31.3 Å². The molecule has 0 aliphatic rings. The SMILES string of the molecule is COCCOCc1c(Cl)ccc(C(=O)Nc2ccc(C(F)(F)F)cc2Cl)c1O. The number of carbonyl (C=O) groups is 1. The van der Waals surface area contributed by atoms with Gasteiger partial charge in [0.25, 0.3) is 5.91 Å². The van der Waals surface area contributed by atoms with Crippen molar-refractivity contribution in [3.8, 4) is 5.75 Å². The molecule has 0 aliphatic heterocycles. The zero-order valence-electron chi connectivity index (χ0n) is 14.6. The van der Waals surface area contributed by atoms with E-state index in [9.17, 15) is 23.1 Å². The van der Waals surface area contributed by atoms with Crippen LogP contribution in [-0.2, 0) is 22.3 Å². The van der Waals surface area contributed by atoms with Gasteiger partial charge in [0.1, 0.15) is 5.75 Å². The van der Waals surface area contributed by atoms with E-state index in [1.54, 1.807) is 0 Å². The molecule has 0 aromatic heterocycles. The normalized spacial score (nSPS) is 11.5. The number of alkyl halides is 3. The molecule has 0 fully saturated rings. The zero-order chi connectivity index (χ0) is 20.9. The third-order valence-corrected chi connectivity index (χ3v) is 4.36. The first kappa shape index (κ1) is 22.3. The topological polar surface area (TPSA) is 67.8 Å². The molecular formula is C18H16Cl2F3NO4. The Hall–Kier alpha value is -2.00. The quantitative estimate of drug-likeness (QED) is 0.588. The van der Waals surface area contributed by atoms with Gasteiger partial charge in [-0.2, -0.15) is 13.2 Å². The van der Waals surface area contributed by atoms with Crippen LogP contribution in [0.15, 0.2) is 30.3 Å². The number of halogens is 5. The average molecular weight is 438 g/mol. The molecule has 0 bridgehead atoms. The number of methoxy groups -OCH3 is 1. The van der Waals surface area contributed by atoms with E-state index in [1.807, 2.05) is 0 Å². The summed E-state index contributed by atoms with van der Waals surface area (Å²) >= 11 is 11.9. The molecule has 0 unspecified atom stereocenters. The van der Waals surface area contributed by atoms with Gasteiger partial charge in [-0.25, -0.2) is 0 Å². The van der Waals surface area contributed by atoms with Gasteiger partial charge < -0.3 is 19.9 Å². The molecule has 1 amide bonds. The molecule has 2 N–H and O–H groups in total. The minimum atomic E-state index is -4.56. The fourth-order valence-corrected chi connectivity index (χ4v) is 2.67. The Bertz CT molecular complexity index is 859. The van der Waals surface area contributed by atoms with Crippen molar-refractivity contribution in [3.63, 3.8) is 0 Å². The predicted molar refractivity (Wildman–Crippen MR) is 99.1 cm³/mol. The van der Waals surface area contributed by atoms with Crippen molar-refractivity contribution in [2.45, 2.75) is 12.8 Å². The Balaban J connectivity index is 2.20. The number of rotatable bonds is 7. The number of amides is 1. The Morgan fingerprint density at radius 2 is 1.86 bits per heavy atom. The molecule has 0 atom stereocenters. The second kappa shape index (κ2) is 9.47. The number of hydrogen-bond donors (Lipinski definition) is 2. The summed E-state index contributed by atoms with van der Waals surface area (Å²) in [6.07, 6.45) is -4.56. The second-order valence-electron chi connectivity index (χ2n) is 5.61. The molecule has 28 heavy (non-hydrogen) atoms. The largest absolute Gasteiger partial charge is 0.507 e. The van der Waals surface area contributed by atoms with E-state index < -0.39 is 23.4 Å². The van der Waals surface area contributed by atoms with Crippen molar-refractivity contribution in [2.75, 3.05) is 25.6 Å². The first-order chi connectivity index (χ1) is 13.1. The van der Waals surface area contributed by atoms with E-state index in [2.05, 4.69) is 5.32 Å². The number of nitrogens with one attached hydrogen (secondary N) is 1. The van der Waals surface area contributed by atoms with Crippen LogP contribution in [0.2, 0.25) is 10.0 Å². The highest BCUT2D eigenvalue weighted by Crippen LogP contribution is 2.35. The number of carbonyl (C=O) groups excluding carboxylic acids is 1. The lowest BCUT2D eigenvalue weighted by Gasteiger charge is -2.14. The van der Waals surface area contributed by atoms with Gasteiger partial charge in [0.15, 0.2) is 0 Å². The summed E-state index contributed by atoms with van der Waals surface area (Å²) in [6, 6.07) is 5.21. The van der Waals surface area contributed by atoms with E-state index in [1.165, 1.54) is 19.2 Å². The van der Waals surface area contributed by atoms with Gasteiger partial charge >= 0.3 is 6.18 Å². The van der Waals surface area contributed by atoms with E-state index in [-0.39, 0.29) is 40.1 Å². The summed E-state index contributed by atoms with van der Waals surface area (Å²) in [7, 11) is 1.51. The Morgan fingerprint density at radius 3 is 2.46 bits per heavy atom. The molecule has 0 spiro atoms. The van der Waals surface area contributed by atoms with Crippen LogP contribution in [0.5, 0.6) is 5.75 Å². The van der Waals surface area contributed by atoms with Crippen molar-refractivity contribution in [3.05, 3.63) is 57.1 Å². The number of anilines is 1. The van der Waals surface area contributed by atoms with Gasteiger partial charge in [-0.05, 0) is 30.3 Å². The molecule has 152 valence electrons. The molecule has 10 heteroatoms. The lowest BCUT2D eigenvalue weighted by atomic mass is 10.1. The smallest absolute Gasteiger partial charge is 0.416 e. The molecule has 2 rings (SSSR count). The number of phenolic OH excluding ortho intramolecular Hbond substituents is 1.